The molecule has 0 atom stereocenters. The van der Waals surface area contributed by atoms with Crippen LogP contribution in [-0.2, 0) is 18.8 Å². The van der Waals surface area contributed by atoms with Crippen LogP contribution < -0.4 is 4.74 Å². The van der Waals surface area contributed by atoms with Crippen molar-refractivity contribution in [2.24, 2.45) is 0 Å². The number of hydrogen-bond acceptors (Lipinski definition) is 3. The van der Waals surface area contributed by atoms with Gasteiger partial charge in [-0.2, -0.15) is 0 Å². The molecule has 0 bridgehead atoms. The first-order chi connectivity index (χ1) is 13.7. The maximum atomic E-state index is 11.3. The first-order valence-corrected chi connectivity index (χ1v) is 9.97. The minimum absolute atomic E-state index is 0.535. The van der Waals surface area contributed by atoms with Crippen molar-refractivity contribution < 1.29 is 9.84 Å². The Morgan fingerprint density at radius 1 is 0.786 bits per heavy atom. The number of piperidine rings is 1. The van der Waals surface area contributed by atoms with E-state index < -0.39 is 5.60 Å². The summed E-state index contributed by atoms with van der Waals surface area (Å²) >= 11 is 0. The molecule has 3 heteroatoms. The second-order valence-corrected chi connectivity index (χ2v) is 7.60. The van der Waals surface area contributed by atoms with Crippen LogP contribution in [0.1, 0.15) is 29.5 Å². The van der Waals surface area contributed by atoms with E-state index in [1.807, 2.05) is 48.5 Å². The highest BCUT2D eigenvalue weighted by Gasteiger charge is 2.34. The van der Waals surface area contributed by atoms with Crippen molar-refractivity contribution in [1.29, 1.82) is 0 Å². The third-order valence-corrected chi connectivity index (χ3v) is 5.55. The van der Waals surface area contributed by atoms with Crippen LogP contribution in [0.2, 0.25) is 0 Å². The van der Waals surface area contributed by atoms with Crippen LogP contribution >= 0.6 is 0 Å². The van der Waals surface area contributed by atoms with E-state index in [-0.39, 0.29) is 0 Å². The fourth-order valence-electron chi connectivity index (χ4n) is 3.83. The normalized spacial score (nSPS) is 16.6. The third kappa shape index (κ3) is 4.61. The van der Waals surface area contributed by atoms with E-state index in [0.29, 0.717) is 6.61 Å². The number of hydrogen-bond donors (Lipinski definition) is 1. The van der Waals surface area contributed by atoms with Gasteiger partial charge in [-0.25, -0.2) is 0 Å². The molecule has 1 fully saturated rings. The van der Waals surface area contributed by atoms with Crippen LogP contribution in [0.25, 0.3) is 0 Å². The van der Waals surface area contributed by atoms with Crippen molar-refractivity contribution >= 4 is 0 Å². The smallest absolute Gasteiger partial charge is 0.120 e. The van der Waals surface area contributed by atoms with Crippen molar-refractivity contribution in [1.82, 2.24) is 4.90 Å². The molecule has 0 unspecified atom stereocenters. The summed E-state index contributed by atoms with van der Waals surface area (Å²) in [5, 5.41) is 11.3. The molecule has 1 saturated heterocycles. The molecule has 0 spiro atoms. The minimum atomic E-state index is -0.778. The fraction of sp³-hybridized carbons (Fsp3) is 0.280. The van der Waals surface area contributed by atoms with E-state index in [1.165, 1.54) is 5.56 Å². The zero-order valence-electron chi connectivity index (χ0n) is 16.1. The molecule has 0 amide bonds. The van der Waals surface area contributed by atoms with Gasteiger partial charge in [0.15, 0.2) is 0 Å². The van der Waals surface area contributed by atoms with E-state index in [2.05, 4.69) is 41.3 Å². The maximum absolute atomic E-state index is 11.3. The van der Waals surface area contributed by atoms with Crippen LogP contribution in [0.4, 0.5) is 0 Å². The summed E-state index contributed by atoms with van der Waals surface area (Å²) in [6, 6.07) is 28.6. The molecule has 0 radical (unpaired) electrons. The molecule has 3 aromatic carbocycles. The first kappa shape index (κ1) is 18.7. The van der Waals surface area contributed by atoms with Crippen molar-refractivity contribution in [3.8, 4) is 5.75 Å². The predicted octanol–water partition coefficient (Wildman–Crippen LogP) is 4.75. The van der Waals surface area contributed by atoms with Crippen molar-refractivity contribution in [2.75, 3.05) is 13.1 Å². The Bertz CT molecular complexity index is 871. The summed E-state index contributed by atoms with van der Waals surface area (Å²) in [6.07, 6.45) is 1.48. The fourth-order valence-corrected chi connectivity index (χ4v) is 3.83. The molecule has 1 N–H and O–H groups in total. The van der Waals surface area contributed by atoms with Gasteiger partial charge < -0.3 is 9.84 Å². The Morgan fingerprint density at radius 3 is 2.11 bits per heavy atom. The number of likely N-dealkylation sites (tertiary alicyclic amines) is 1. The predicted molar refractivity (Wildman–Crippen MR) is 112 cm³/mol. The number of ether oxygens (including phenoxy) is 1. The summed E-state index contributed by atoms with van der Waals surface area (Å²) in [5.41, 5.74) is 2.64. The highest BCUT2D eigenvalue weighted by molar-refractivity contribution is 5.33. The zero-order chi connectivity index (χ0) is 19.2. The maximum Gasteiger partial charge on any atom is 0.120 e. The molecule has 1 aliphatic rings. The van der Waals surface area contributed by atoms with Crippen LogP contribution in [0, 0.1) is 0 Å². The molecule has 3 nitrogen and oxygen atoms in total. The molecule has 0 aliphatic carbocycles. The highest BCUT2D eigenvalue weighted by Crippen LogP contribution is 2.35. The highest BCUT2D eigenvalue weighted by atomic mass is 16.5. The lowest BCUT2D eigenvalue weighted by Gasteiger charge is -2.38. The molecule has 4 rings (SSSR count). The Kier molecular flexibility index (Phi) is 5.75. The Hall–Kier alpha value is -2.62. The lowest BCUT2D eigenvalue weighted by Crippen LogP contribution is -2.42. The molecule has 1 aliphatic heterocycles. The number of benzene rings is 3. The topological polar surface area (TPSA) is 32.7 Å². The largest absolute Gasteiger partial charge is 0.489 e. The summed E-state index contributed by atoms with van der Waals surface area (Å²) in [6.45, 7) is 3.26. The van der Waals surface area contributed by atoms with E-state index in [9.17, 15) is 5.11 Å². The number of aliphatic hydroxyl groups is 1. The lowest BCUT2D eigenvalue weighted by molar-refractivity contribution is -0.0279. The molecular formula is C25H27NO2. The molecule has 0 saturated carbocycles. The molecule has 28 heavy (non-hydrogen) atoms. The average Bonchev–Trinajstić information content (AvgIpc) is 2.76. The third-order valence-electron chi connectivity index (χ3n) is 5.55. The summed E-state index contributed by atoms with van der Waals surface area (Å²) < 4.78 is 5.95. The molecule has 3 aromatic rings. The van der Waals surface area contributed by atoms with Gasteiger partial charge in [0.1, 0.15) is 12.4 Å². The molecular weight excluding hydrogens is 346 g/mol. The van der Waals surface area contributed by atoms with Gasteiger partial charge in [0.25, 0.3) is 0 Å². The van der Waals surface area contributed by atoms with Gasteiger partial charge in [-0.1, -0.05) is 72.8 Å². The second-order valence-electron chi connectivity index (χ2n) is 7.60. The van der Waals surface area contributed by atoms with Gasteiger partial charge in [0.2, 0.25) is 0 Å². The molecule has 0 aromatic heterocycles. The van der Waals surface area contributed by atoms with Crippen molar-refractivity contribution in [3.05, 3.63) is 102 Å². The van der Waals surface area contributed by atoms with Gasteiger partial charge in [0.05, 0.1) is 5.60 Å². The SMILES string of the molecule is OC1(c2cccc(OCc3ccccc3)c2)CCN(Cc2ccccc2)CC1. The number of rotatable bonds is 6. The van der Waals surface area contributed by atoms with Gasteiger partial charge in [0, 0.05) is 19.6 Å². The van der Waals surface area contributed by atoms with Crippen LogP contribution in [0.3, 0.4) is 0 Å². The monoisotopic (exact) mass is 373 g/mol. The van der Waals surface area contributed by atoms with Crippen LogP contribution in [0.15, 0.2) is 84.9 Å². The van der Waals surface area contributed by atoms with Crippen molar-refractivity contribution in [3.63, 3.8) is 0 Å². The molecule has 144 valence electrons. The van der Waals surface area contributed by atoms with E-state index in [0.717, 1.165) is 49.4 Å². The average molecular weight is 373 g/mol. The van der Waals surface area contributed by atoms with Gasteiger partial charge in [-0.15, -0.1) is 0 Å². The van der Waals surface area contributed by atoms with Crippen LogP contribution in [0.5, 0.6) is 5.75 Å². The second kappa shape index (κ2) is 8.59. The Labute approximate surface area is 167 Å². The number of nitrogens with zero attached hydrogens (tertiary/aromatic N) is 1. The lowest BCUT2D eigenvalue weighted by atomic mass is 9.84. The minimum Gasteiger partial charge on any atom is -0.489 e. The Morgan fingerprint density at radius 2 is 1.43 bits per heavy atom. The zero-order valence-corrected chi connectivity index (χ0v) is 16.1. The van der Waals surface area contributed by atoms with Gasteiger partial charge in [-0.3, -0.25) is 4.90 Å². The summed E-state index contributed by atoms with van der Waals surface area (Å²) in [5.74, 6) is 0.807. The van der Waals surface area contributed by atoms with E-state index in [1.54, 1.807) is 0 Å². The van der Waals surface area contributed by atoms with Crippen LogP contribution in [-0.4, -0.2) is 23.1 Å². The van der Waals surface area contributed by atoms with E-state index in [4.69, 9.17) is 4.74 Å². The van der Waals surface area contributed by atoms with E-state index >= 15 is 0 Å². The van der Waals surface area contributed by atoms with Gasteiger partial charge in [-0.05, 0) is 41.7 Å². The van der Waals surface area contributed by atoms with Gasteiger partial charge >= 0.3 is 0 Å². The summed E-state index contributed by atoms with van der Waals surface area (Å²) in [4.78, 5) is 2.42. The standard InChI is InChI=1S/C25H27NO2/c27-25(14-16-26(17-15-25)19-21-8-3-1-4-9-21)23-12-7-13-24(18-23)28-20-22-10-5-2-6-11-22/h1-13,18,27H,14-17,19-20H2. The quantitative estimate of drug-likeness (QED) is 0.677. The van der Waals surface area contributed by atoms with Crippen molar-refractivity contribution in [2.45, 2.75) is 31.6 Å². The summed E-state index contributed by atoms with van der Waals surface area (Å²) in [7, 11) is 0. The molecule has 1 heterocycles. The Balaban J connectivity index is 1.37. The first-order valence-electron chi connectivity index (χ1n) is 9.97.